The number of benzene rings is 3. The van der Waals surface area contributed by atoms with Crippen LogP contribution in [0.25, 0.3) is 0 Å². The van der Waals surface area contributed by atoms with Gasteiger partial charge >= 0.3 is 0 Å². The Morgan fingerprint density at radius 2 is 1.62 bits per heavy atom. The van der Waals surface area contributed by atoms with E-state index in [0.29, 0.717) is 11.3 Å². The van der Waals surface area contributed by atoms with Gasteiger partial charge in [0.25, 0.3) is 11.8 Å². The summed E-state index contributed by atoms with van der Waals surface area (Å²) in [5.41, 5.74) is 0.971. The largest absolute Gasteiger partial charge is 0.483 e. The SMILES string of the molecule is Cc1ccc(NC(=O)c2ccccc2OCC(=O)Nc2ccccc2F)cc1F. The molecule has 0 fully saturated rings. The van der Waals surface area contributed by atoms with Crippen LogP contribution in [0.15, 0.2) is 66.7 Å². The Morgan fingerprint density at radius 3 is 2.38 bits per heavy atom. The standard InChI is InChI=1S/C22H18F2N2O3/c1-14-10-11-15(12-18(14)24)25-22(28)16-6-2-5-9-20(16)29-13-21(27)26-19-8-4-3-7-17(19)23/h2-12H,13H2,1H3,(H,25,28)(H,26,27). The predicted octanol–water partition coefficient (Wildman–Crippen LogP) is 4.54. The maximum Gasteiger partial charge on any atom is 0.262 e. The molecule has 0 radical (unpaired) electrons. The summed E-state index contributed by atoms with van der Waals surface area (Å²) in [6.07, 6.45) is 0. The Bertz CT molecular complexity index is 1050. The third-order valence-corrected chi connectivity index (χ3v) is 4.07. The van der Waals surface area contributed by atoms with E-state index in [9.17, 15) is 18.4 Å². The van der Waals surface area contributed by atoms with Gasteiger partial charge in [-0.05, 0) is 48.9 Å². The molecule has 0 aliphatic carbocycles. The third-order valence-electron chi connectivity index (χ3n) is 4.07. The zero-order valence-electron chi connectivity index (χ0n) is 15.5. The van der Waals surface area contributed by atoms with Gasteiger partial charge in [-0.2, -0.15) is 0 Å². The van der Waals surface area contributed by atoms with Crippen LogP contribution in [0.4, 0.5) is 20.2 Å². The number of anilines is 2. The molecule has 0 bridgehead atoms. The maximum atomic E-state index is 13.7. The molecular formula is C22H18F2N2O3. The van der Waals surface area contributed by atoms with Gasteiger partial charge in [0, 0.05) is 5.69 Å². The van der Waals surface area contributed by atoms with Crippen LogP contribution in [0.2, 0.25) is 0 Å². The van der Waals surface area contributed by atoms with E-state index in [1.807, 2.05) is 0 Å². The summed E-state index contributed by atoms with van der Waals surface area (Å²) in [4.78, 5) is 24.6. The van der Waals surface area contributed by atoms with Gasteiger partial charge < -0.3 is 15.4 Å². The number of carbonyl (C=O) groups excluding carboxylic acids is 2. The summed E-state index contributed by atoms with van der Waals surface area (Å²) in [6, 6.07) is 16.4. The Hall–Kier alpha value is -3.74. The van der Waals surface area contributed by atoms with Crippen LogP contribution in [0.3, 0.4) is 0 Å². The quantitative estimate of drug-likeness (QED) is 0.643. The van der Waals surface area contributed by atoms with E-state index in [2.05, 4.69) is 10.6 Å². The number of hydrogen-bond acceptors (Lipinski definition) is 3. The summed E-state index contributed by atoms with van der Waals surface area (Å²) in [7, 11) is 0. The summed E-state index contributed by atoms with van der Waals surface area (Å²) >= 11 is 0. The van der Waals surface area contributed by atoms with E-state index in [4.69, 9.17) is 4.74 Å². The van der Waals surface area contributed by atoms with Crippen molar-refractivity contribution in [3.8, 4) is 5.75 Å². The van der Waals surface area contributed by atoms with E-state index >= 15 is 0 Å². The molecular weight excluding hydrogens is 378 g/mol. The number of carbonyl (C=O) groups is 2. The Balaban J connectivity index is 1.66. The Morgan fingerprint density at radius 1 is 0.897 bits per heavy atom. The fraction of sp³-hybridized carbons (Fsp3) is 0.0909. The van der Waals surface area contributed by atoms with Crippen LogP contribution in [0.1, 0.15) is 15.9 Å². The number of aryl methyl sites for hydroxylation is 1. The average Bonchev–Trinajstić information content (AvgIpc) is 2.71. The van der Waals surface area contributed by atoms with Crippen LogP contribution in [-0.2, 0) is 4.79 Å². The third kappa shape index (κ3) is 5.16. The van der Waals surface area contributed by atoms with Gasteiger partial charge in [0.2, 0.25) is 0 Å². The highest BCUT2D eigenvalue weighted by atomic mass is 19.1. The normalized spacial score (nSPS) is 10.3. The molecule has 3 aromatic rings. The minimum atomic E-state index is -0.578. The summed E-state index contributed by atoms with van der Waals surface area (Å²) in [5, 5.41) is 4.99. The van der Waals surface area contributed by atoms with Crippen molar-refractivity contribution in [3.63, 3.8) is 0 Å². The van der Waals surface area contributed by atoms with Crippen LogP contribution in [-0.4, -0.2) is 18.4 Å². The summed E-state index contributed by atoms with van der Waals surface area (Å²) in [5.74, 6) is -1.92. The first-order chi connectivity index (χ1) is 13.9. The number of hydrogen-bond donors (Lipinski definition) is 2. The van der Waals surface area contributed by atoms with E-state index in [-0.39, 0.29) is 17.0 Å². The number of amides is 2. The van der Waals surface area contributed by atoms with Crippen molar-refractivity contribution in [2.45, 2.75) is 6.92 Å². The molecule has 0 aliphatic heterocycles. The first-order valence-electron chi connectivity index (χ1n) is 8.78. The molecule has 148 valence electrons. The van der Waals surface area contributed by atoms with Crippen molar-refractivity contribution in [1.29, 1.82) is 0 Å². The lowest BCUT2D eigenvalue weighted by molar-refractivity contribution is -0.118. The number of rotatable bonds is 6. The lowest BCUT2D eigenvalue weighted by atomic mass is 10.1. The number of para-hydroxylation sites is 2. The molecule has 0 heterocycles. The Labute approximate surface area is 166 Å². The van der Waals surface area contributed by atoms with Crippen molar-refractivity contribution in [1.82, 2.24) is 0 Å². The van der Waals surface area contributed by atoms with Crippen LogP contribution in [0, 0.1) is 18.6 Å². The Kier molecular flexibility index (Phi) is 6.19. The number of nitrogens with one attached hydrogen (secondary N) is 2. The molecule has 0 unspecified atom stereocenters. The first-order valence-corrected chi connectivity index (χ1v) is 8.78. The zero-order chi connectivity index (χ0) is 20.8. The predicted molar refractivity (Wildman–Crippen MR) is 106 cm³/mol. The number of halogens is 2. The molecule has 7 heteroatoms. The molecule has 29 heavy (non-hydrogen) atoms. The molecule has 0 atom stereocenters. The average molecular weight is 396 g/mol. The van der Waals surface area contributed by atoms with Gasteiger partial charge in [0.1, 0.15) is 17.4 Å². The molecule has 0 saturated heterocycles. The van der Waals surface area contributed by atoms with E-state index in [1.165, 1.54) is 36.4 Å². The molecule has 3 aromatic carbocycles. The minimum absolute atomic E-state index is 0.0357. The maximum absolute atomic E-state index is 13.7. The second-order valence-electron chi connectivity index (χ2n) is 6.23. The number of ether oxygens (including phenoxy) is 1. The fourth-order valence-electron chi connectivity index (χ4n) is 2.54. The molecule has 0 saturated carbocycles. The van der Waals surface area contributed by atoms with Crippen molar-refractivity contribution in [2.75, 3.05) is 17.2 Å². The summed E-state index contributed by atoms with van der Waals surface area (Å²) < 4.78 is 32.7. The second kappa shape index (κ2) is 8.97. The lowest BCUT2D eigenvalue weighted by Gasteiger charge is -2.12. The first kappa shape index (κ1) is 20.0. The van der Waals surface area contributed by atoms with Gasteiger partial charge in [-0.15, -0.1) is 0 Å². The highest BCUT2D eigenvalue weighted by Gasteiger charge is 2.15. The topological polar surface area (TPSA) is 67.4 Å². The molecule has 0 aliphatic rings. The van der Waals surface area contributed by atoms with E-state index in [0.717, 1.165) is 0 Å². The van der Waals surface area contributed by atoms with Gasteiger partial charge in [-0.3, -0.25) is 9.59 Å². The van der Waals surface area contributed by atoms with Crippen molar-refractivity contribution in [2.24, 2.45) is 0 Å². The highest BCUT2D eigenvalue weighted by Crippen LogP contribution is 2.21. The lowest BCUT2D eigenvalue weighted by Crippen LogP contribution is -2.22. The van der Waals surface area contributed by atoms with Crippen LogP contribution < -0.4 is 15.4 Å². The van der Waals surface area contributed by atoms with Gasteiger partial charge in [0.05, 0.1) is 11.3 Å². The van der Waals surface area contributed by atoms with Crippen LogP contribution >= 0.6 is 0 Å². The minimum Gasteiger partial charge on any atom is -0.483 e. The molecule has 5 nitrogen and oxygen atoms in total. The smallest absolute Gasteiger partial charge is 0.262 e. The molecule has 3 rings (SSSR count). The summed E-state index contributed by atoms with van der Waals surface area (Å²) in [6.45, 7) is 1.20. The molecule has 0 aromatic heterocycles. The highest BCUT2D eigenvalue weighted by molar-refractivity contribution is 6.06. The van der Waals surface area contributed by atoms with Crippen molar-refractivity contribution in [3.05, 3.63) is 89.5 Å². The molecule has 2 N–H and O–H groups in total. The monoisotopic (exact) mass is 396 g/mol. The second-order valence-corrected chi connectivity index (χ2v) is 6.23. The van der Waals surface area contributed by atoms with Gasteiger partial charge in [-0.25, -0.2) is 8.78 Å². The van der Waals surface area contributed by atoms with Gasteiger partial charge in [0.15, 0.2) is 6.61 Å². The zero-order valence-corrected chi connectivity index (χ0v) is 15.5. The molecule has 2 amide bonds. The fourth-order valence-corrected chi connectivity index (χ4v) is 2.54. The van der Waals surface area contributed by atoms with Crippen molar-refractivity contribution < 1.29 is 23.1 Å². The van der Waals surface area contributed by atoms with Crippen LogP contribution in [0.5, 0.6) is 5.75 Å². The molecule has 0 spiro atoms. The van der Waals surface area contributed by atoms with Crippen molar-refractivity contribution >= 4 is 23.2 Å². The van der Waals surface area contributed by atoms with E-state index in [1.54, 1.807) is 37.3 Å². The van der Waals surface area contributed by atoms with Gasteiger partial charge in [-0.1, -0.05) is 30.3 Å². The van der Waals surface area contributed by atoms with E-state index < -0.39 is 30.1 Å².